The predicted molar refractivity (Wildman–Crippen MR) is 78.0 cm³/mol. The lowest BCUT2D eigenvalue weighted by Crippen LogP contribution is -2.11. The smallest absolute Gasteiger partial charge is 0.238 e. The summed E-state index contributed by atoms with van der Waals surface area (Å²) in [5, 5.41) is 15.3. The first kappa shape index (κ1) is 15.8. The second kappa shape index (κ2) is 7.43. The first-order chi connectivity index (χ1) is 10.6. The van der Waals surface area contributed by atoms with Crippen molar-refractivity contribution >= 4 is 23.2 Å². The topological polar surface area (TPSA) is 79.9 Å². The van der Waals surface area contributed by atoms with Crippen molar-refractivity contribution in [2.45, 2.75) is 13.0 Å². The molecular weight excluding hydrogens is 311 g/mol. The van der Waals surface area contributed by atoms with Crippen LogP contribution in [0, 0.1) is 17.1 Å². The zero-order chi connectivity index (χ0) is 15.9. The third-order valence-corrected chi connectivity index (χ3v) is 2.83. The number of halogens is 2. The number of aromatic nitrogens is 2. The van der Waals surface area contributed by atoms with Crippen LogP contribution in [0.5, 0.6) is 5.75 Å². The molecule has 0 saturated heterocycles. The number of nitriles is 1. The Morgan fingerprint density at radius 2 is 2.36 bits per heavy atom. The van der Waals surface area contributed by atoms with Gasteiger partial charge in [-0.05, 0) is 12.1 Å². The molecular formula is C14H12ClFN4O2. The molecule has 1 aromatic carbocycles. The number of anilines is 1. The van der Waals surface area contributed by atoms with Crippen LogP contribution >= 0.6 is 11.6 Å². The predicted octanol–water partition coefficient (Wildman–Crippen LogP) is 2.61. The summed E-state index contributed by atoms with van der Waals surface area (Å²) >= 11 is 5.72. The molecule has 0 atom stereocenters. The number of nitrogens with one attached hydrogen (secondary N) is 1. The minimum absolute atomic E-state index is 0.0662. The first-order valence-electron chi connectivity index (χ1n) is 6.35. The van der Waals surface area contributed by atoms with Gasteiger partial charge in [-0.15, -0.1) is 0 Å². The van der Waals surface area contributed by atoms with Crippen LogP contribution in [0.3, 0.4) is 0 Å². The van der Waals surface area contributed by atoms with Crippen LogP contribution in [0.1, 0.15) is 6.42 Å². The van der Waals surface area contributed by atoms with E-state index in [0.29, 0.717) is 11.6 Å². The van der Waals surface area contributed by atoms with Crippen LogP contribution in [-0.4, -0.2) is 22.3 Å². The molecule has 1 heterocycles. The van der Waals surface area contributed by atoms with Crippen molar-refractivity contribution in [1.29, 1.82) is 5.26 Å². The van der Waals surface area contributed by atoms with E-state index in [1.165, 1.54) is 18.3 Å². The Bertz CT molecular complexity index is 711. The van der Waals surface area contributed by atoms with Crippen molar-refractivity contribution in [2.24, 2.45) is 0 Å². The number of benzene rings is 1. The molecule has 2 aromatic rings. The van der Waals surface area contributed by atoms with Crippen LogP contribution in [-0.2, 0) is 11.3 Å². The zero-order valence-corrected chi connectivity index (χ0v) is 12.2. The SMILES string of the molecule is N#CCC(=O)Nc1ccc(OCCn2cc(Cl)cn2)c(F)c1. The lowest BCUT2D eigenvalue weighted by Gasteiger charge is -2.09. The maximum absolute atomic E-state index is 13.8. The molecule has 0 radical (unpaired) electrons. The van der Waals surface area contributed by atoms with E-state index in [9.17, 15) is 9.18 Å². The van der Waals surface area contributed by atoms with E-state index in [2.05, 4.69) is 10.4 Å². The molecule has 1 aromatic heterocycles. The average molecular weight is 323 g/mol. The van der Waals surface area contributed by atoms with Gasteiger partial charge in [-0.1, -0.05) is 11.6 Å². The highest BCUT2D eigenvalue weighted by Crippen LogP contribution is 2.21. The van der Waals surface area contributed by atoms with Crippen molar-refractivity contribution in [3.63, 3.8) is 0 Å². The van der Waals surface area contributed by atoms with Gasteiger partial charge in [0, 0.05) is 18.0 Å². The largest absolute Gasteiger partial charge is 0.489 e. The van der Waals surface area contributed by atoms with Gasteiger partial charge in [-0.2, -0.15) is 10.4 Å². The first-order valence-corrected chi connectivity index (χ1v) is 6.73. The number of ether oxygens (including phenoxy) is 1. The number of hydrogen-bond acceptors (Lipinski definition) is 4. The highest BCUT2D eigenvalue weighted by Gasteiger charge is 2.07. The molecule has 0 fully saturated rings. The van der Waals surface area contributed by atoms with Crippen LogP contribution in [0.4, 0.5) is 10.1 Å². The number of amides is 1. The van der Waals surface area contributed by atoms with Crippen LogP contribution in [0.2, 0.25) is 5.02 Å². The maximum atomic E-state index is 13.8. The molecule has 0 unspecified atom stereocenters. The van der Waals surface area contributed by atoms with Gasteiger partial charge in [0.15, 0.2) is 11.6 Å². The van der Waals surface area contributed by atoms with E-state index in [1.807, 2.05) is 0 Å². The summed E-state index contributed by atoms with van der Waals surface area (Å²) in [6, 6.07) is 5.75. The lowest BCUT2D eigenvalue weighted by atomic mass is 10.2. The van der Waals surface area contributed by atoms with Gasteiger partial charge in [0.1, 0.15) is 13.0 Å². The van der Waals surface area contributed by atoms with Crippen molar-refractivity contribution in [1.82, 2.24) is 9.78 Å². The van der Waals surface area contributed by atoms with Crippen LogP contribution in [0.15, 0.2) is 30.6 Å². The lowest BCUT2D eigenvalue weighted by molar-refractivity contribution is -0.115. The molecule has 1 N–H and O–H groups in total. The summed E-state index contributed by atoms with van der Waals surface area (Å²) in [5.74, 6) is -1.03. The zero-order valence-electron chi connectivity index (χ0n) is 11.4. The van der Waals surface area contributed by atoms with E-state index in [1.54, 1.807) is 16.9 Å². The maximum Gasteiger partial charge on any atom is 0.238 e. The molecule has 8 heteroatoms. The molecule has 0 aliphatic carbocycles. The normalized spacial score (nSPS) is 10.0. The number of carbonyl (C=O) groups excluding carboxylic acids is 1. The minimum Gasteiger partial charge on any atom is -0.489 e. The van der Waals surface area contributed by atoms with Gasteiger partial charge in [-0.3, -0.25) is 9.48 Å². The van der Waals surface area contributed by atoms with E-state index in [4.69, 9.17) is 21.6 Å². The van der Waals surface area contributed by atoms with E-state index >= 15 is 0 Å². The second-order valence-electron chi connectivity index (χ2n) is 4.30. The molecule has 0 aliphatic rings. The molecule has 22 heavy (non-hydrogen) atoms. The molecule has 0 aliphatic heterocycles. The second-order valence-corrected chi connectivity index (χ2v) is 4.73. The third kappa shape index (κ3) is 4.46. The highest BCUT2D eigenvalue weighted by molar-refractivity contribution is 6.30. The van der Waals surface area contributed by atoms with Crippen molar-refractivity contribution in [2.75, 3.05) is 11.9 Å². The van der Waals surface area contributed by atoms with Crippen molar-refractivity contribution < 1.29 is 13.9 Å². The number of nitrogens with zero attached hydrogens (tertiary/aromatic N) is 3. The average Bonchev–Trinajstić information content (AvgIpc) is 2.87. The molecule has 114 valence electrons. The Kier molecular flexibility index (Phi) is 5.33. The van der Waals surface area contributed by atoms with Gasteiger partial charge in [0.25, 0.3) is 0 Å². The number of hydrogen-bond donors (Lipinski definition) is 1. The fourth-order valence-electron chi connectivity index (χ4n) is 1.68. The summed E-state index contributed by atoms with van der Waals surface area (Å²) in [5.41, 5.74) is 0.268. The fourth-order valence-corrected chi connectivity index (χ4v) is 1.84. The summed E-state index contributed by atoms with van der Waals surface area (Å²) in [4.78, 5) is 11.2. The Hall–Kier alpha value is -2.59. The Morgan fingerprint density at radius 1 is 1.55 bits per heavy atom. The summed E-state index contributed by atoms with van der Waals surface area (Å²) < 4.78 is 20.7. The Morgan fingerprint density at radius 3 is 3.00 bits per heavy atom. The van der Waals surface area contributed by atoms with Gasteiger partial charge >= 0.3 is 0 Å². The summed E-state index contributed by atoms with van der Waals surface area (Å²) in [6.07, 6.45) is 2.85. The molecule has 0 bridgehead atoms. The molecule has 0 saturated carbocycles. The van der Waals surface area contributed by atoms with Crippen molar-refractivity contribution in [3.8, 4) is 11.8 Å². The number of carbonyl (C=O) groups is 1. The quantitative estimate of drug-likeness (QED) is 0.886. The highest BCUT2D eigenvalue weighted by atomic mass is 35.5. The third-order valence-electron chi connectivity index (χ3n) is 2.63. The van der Waals surface area contributed by atoms with E-state index in [-0.39, 0.29) is 24.5 Å². The van der Waals surface area contributed by atoms with Crippen LogP contribution in [0.25, 0.3) is 0 Å². The van der Waals surface area contributed by atoms with E-state index < -0.39 is 11.7 Å². The summed E-state index contributed by atoms with van der Waals surface area (Å²) in [6.45, 7) is 0.641. The Labute approximate surface area is 131 Å². The molecule has 0 spiro atoms. The van der Waals surface area contributed by atoms with Crippen LogP contribution < -0.4 is 10.1 Å². The molecule has 6 nitrogen and oxygen atoms in total. The number of rotatable bonds is 6. The standard InChI is InChI=1S/C14H12ClFN4O2/c15-10-8-18-20(9-10)5-6-22-13-2-1-11(7-12(13)16)19-14(21)3-4-17/h1-2,7-9H,3,5-6H2,(H,19,21). The van der Waals surface area contributed by atoms with Gasteiger partial charge in [0.2, 0.25) is 5.91 Å². The van der Waals surface area contributed by atoms with E-state index in [0.717, 1.165) is 6.07 Å². The van der Waals surface area contributed by atoms with Gasteiger partial charge < -0.3 is 10.1 Å². The fraction of sp³-hybridized carbons (Fsp3) is 0.214. The monoisotopic (exact) mass is 322 g/mol. The minimum atomic E-state index is -0.603. The molecule has 1 amide bonds. The van der Waals surface area contributed by atoms with Crippen molar-refractivity contribution in [3.05, 3.63) is 41.4 Å². The summed E-state index contributed by atoms with van der Waals surface area (Å²) in [7, 11) is 0. The van der Waals surface area contributed by atoms with Gasteiger partial charge in [-0.25, -0.2) is 4.39 Å². The molecule has 2 rings (SSSR count). The van der Waals surface area contributed by atoms with Gasteiger partial charge in [0.05, 0.1) is 23.8 Å². The Balaban J connectivity index is 1.89.